The molecule has 21 heavy (non-hydrogen) atoms. The van der Waals surface area contributed by atoms with Crippen molar-refractivity contribution >= 4 is 15.9 Å². The molecule has 0 radical (unpaired) electrons. The van der Waals surface area contributed by atoms with Gasteiger partial charge in [0.25, 0.3) is 0 Å². The quantitative estimate of drug-likeness (QED) is 0.851. The van der Waals surface area contributed by atoms with E-state index in [1.54, 1.807) is 0 Å². The van der Waals surface area contributed by atoms with Crippen LogP contribution in [0.5, 0.6) is 0 Å². The van der Waals surface area contributed by atoms with Crippen molar-refractivity contribution < 1.29 is 0 Å². The van der Waals surface area contributed by atoms with Gasteiger partial charge in [-0.05, 0) is 48.3 Å². The van der Waals surface area contributed by atoms with Gasteiger partial charge in [-0.2, -0.15) is 0 Å². The molecule has 0 heterocycles. The molecule has 0 spiro atoms. The van der Waals surface area contributed by atoms with Crippen LogP contribution in [0.4, 0.5) is 0 Å². The van der Waals surface area contributed by atoms with Crippen LogP contribution in [0, 0.1) is 0 Å². The second-order valence-electron chi connectivity index (χ2n) is 5.68. The molecule has 2 aromatic rings. The van der Waals surface area contributed by atoms with E-state index in [4.69, 9.17) is 5.73 Å². The Morgan fingerprint density at radius 1 is 1.05 bits per heavy atom. The van der Waals surface area contributed by atoms with Crippen LogP contribution in [-0.2, 0) is 13.1 Å². The minimum absolute atomic E-state index is 0.429. The molecule has 3 heteroatoms. The maximum atomic E-state index is 5.71. The molecule has 0 saturated carbocycles. The van der Waals surface area contributed by atoms with E-state index >= 15 is 0 Å². The Kier molecular flexibility index (Phi) is 5.97. The topological polar surface area (TPSA) is 29.3 Å². The molecule has 1 unspecified atom stereocenters. The zero-order chi connectivity index (χ0) is 15.2. The number of hydrogen-bond donors (Lipinski definition) is 1. The minimum atomic E-state index is 0.429. The van der Waals surface area contributed by atoms with Crippen molar-refractivity contribution in [3.05, 3.63) is 69.7 Å². The normalized spacial score (nSPS) is 12.6. The molecule has 0 amide bonds. The van der Waals surface area contributed by atoms with Crippen molar-refractivity contribution in [2.45, 2.75) is 25.9 Å². The third-order valence-corrected chi connectivity index (χ3v) is 4.19. The number of rotatable bonds is 6. The first-order valence-corrected chi connectivity index (χ1v) is 8.09. The van der Waals surface area contributed by atoms with Gasteiger partial charge in [0.2, 0.25) is 0 Å². The highest BCUT2D eigenvalue weighted by Gasteiger charge is 2.05. The first-order chi connectivity index (χ1) is 10.1. The lowest BCUT2D eigenvalue weighted by Gasteiger charge is -2.18. The zero-order valence-corrected chi connectivity index (χ0v) is 14.3. The average Bonchev–Trinajstić information content (AvgIpc) is 2.47. The number of nitrogens with two attached hydrogens (primary N) is 1. The Morgan fingerprint density at radius 3 is 2.33 bits per heavy atom. The van der Waals surface area contributed by atoms with E-state index in [0.29, 0.717) is 12.5 Å². The first-order valence-electron chi connectivity index (χ1n) is 7.30. The highest BCUT2D eigenvalue weighted by atomic mass is 79.9. The van der Waals surface area contributed by atoms with Crippen molar-refractivity contribution in [1.82, 2.24) is 4.90 Å². The maximum Gasteiger partial charge on any atom is 0.0234 e. The van der Waals surface area contributed by atoms with E-state index in [0.717, 1.165) is 17.6 Å². The van der Waals surface area contributed by atoms with Crippen LogP contribution in [0.25, 0.3) is 0 Å². The number of benzene rings is 2. The predicted molar refractivity (Wildman–Crippen MR) is 93.2 cm³/mol. The first kappa shape index (κ1) is 16.2. The molecular formula is C18H23BrN2. The summed E-state index contributed by atoms with van der Waals surface area (Å²) in [4.78, 5) is 2.32. The Bertz CT molecular complexity index is 566. The summed E-state index contributed by atoms with van der Waals surface area (Å²) in [7, 11) is 2.15. The third-order valence-electron chi connectivity index (χ3n) is 3.70. The fourth-order valence-corrected chi connectivity index (χ4v) is 2.85. The molecule has 0 fully saturated rings. The summed E-state index contributed by atoms with van der Waals surface area (Å²) in [6.07, 6.45) is 0. The van der Waals surface area contributed by atoms with Crippen molar-refractivity contribution in [3.63, 3.8) is 0 Å². The molecule has 2 aromatic carbocycles. The Morgan fingerprint density at radius 2 is 1.71 bits per heavy atom. The fraction of sp³-hybridized carbons (Fsp3) is 0.333. The second kappa shape index (κ2) is 7.74. The summed E-state index contributed by atoms with van der Waals surface area (Å²) in [5.74, 6) is 0.429. The highest BCUT2D eigenvalue weighted by molar-refractivity contribution is 9.10. The molecule has 0 aromatic heterocycles. The molecule has 112 valence electrons. The summed E-state index contributed by atoms with van der Waals surface area (Å²) < 4.78 is 1.13. The average molecular weight is 347 g/mol. The lowest BCUT2D eigenvalue weighted by Crippen LogP contribution is -2.17. The molecule has 1 atom stereocenters. The van der Waals surface area contributed by atoms with Crippen LogP contribution < -0.4 is 5.73 Å². The van der Waals surface area contributed by atoms with E-state index in [9.17, 15) is 0 Å². The summed E-state index contributed by atoms with van der Waals surface area (Å²) in [6, 6.07) is 17.3. The van der Waals surface area contributed by atoms with Crippen LogP contribution in [0.2, 0.25) is 0 Å². The standard InChI is InChI=1S/C18H23BrN2/c1-14(11-20)17-8-6-15(7-9-17)12-21(2)13-16-4-3-5-18(19)10-16/h3-10,14H,11-13,20H2,1-2H3. The van der Waals surface area contributed by atoms with E-state index in [1.165, 1.54) is 16.7 Å². The van der Waals surface area contributed by atoms with Gasteiger partial charge >= 0.3 is 0 Å². The van der Waals surface area contributed by atoms with E-state index in [2.05, 4.69) is 83.3 Å². The molecule has 0 bridgehead atoms. The van der Waals surface area contributed by atoms with Gasteiger partial charge in [-0.1, -0.05) is 59.3 Å². The van der Waals surface area contributed by atoms with Gasteiger partial charge in [0.15, 0.2) is 0 Å². The smallest absolute Gasteiger partial charge is 0.0234 e. The summed E-state index contributed by atoms with van der Waals surface area (Å²) in [6.45, 7) is 4.75. The lowest BCUT2D eigenvalue weighted by atomic mass is 10.00. The van der Waals surface area contributed by atoms with Gasteiger partial charge in [-0.15, -0.1) is 0 Å². The van der Waals surface area contributed by atoms with E-state index in [1.807, 2.05) is 0 Å². The molecule has 2 nitrogen and oxygen atoms in total. The molecule has 2 N–H and O–H groups in total. The SMILES string of the molecule is CC(CN)c1ccc(CN(C)Cc2cccc(Br)c2)cc1. The number of halogens is 1. The predicted octanol–water partition coefficient (Wildman–Crippen LogP) is 4.14. The summed E-state index contributed by atoms with van der Waals surface area (Å²) in [5, 5.41) is 0. The van der Waals surface area contributed by atoms with Gasteiger partial charge in [0.1, 0.15) is 0 Å². The number of nitrogens with zero attached hydrogens (tertiary/aromatic N) is 1. The van der Waals surface area contributed by atoms with Crippen LogP contribution in [-0.4, -0.2) is 18.5 Å². The van der Waals surface area contributed by atoms with Crippen LogP contribution in [0.3, 0.4) is 0 Å². The maximum absolute atomic E-state index is 5.71. The number of hydrogen-bond acceptors (Lipinski definition) is 2. The molecular weight excluding hydrogens is 324 g/mol. The van der Waals surface area contributed by atoms with Gasteiger partial charge in [0.05, 0.1) is 0 Å². The van der Waals surface area contributed by atoms with Crippen molar-refractivity contribution in [2.75, 3.05) is 13.6 Å². The summed E-state index contributed by atoms with van der Waals surface area (Å²) >= 11 is 3.52. The fourth-order valence-electron chi connectivity index (χ4n) is 2.40. The molecule has 0 aliphatic rings. The van der Waals surface area contributed by atoms with E-state index in [-0.39, 0.29) is 0 Å². The van der Waals surface area contributed by atoms with Crippen molar-refractivity contribution in [2.24, 2.45) is 5.73 Å². The minimum Gasteiger partial charge on any atom is -0.330 e. The monoisotopic (exact) mass is 346 g/mol. The third kappa shape index (κ3) is 4.95. The zero-order valence-electron chi connectivity index (χ0n) is 12.7. The van der Waals surface area contributed by atoms with Crippen LogP contribution in [0.15, 0.2) is 53.0 Å². The molecule has 0 aliphatic carbocycles. The Labute approximate surface area is 136 Å². The van der Waals surface area contributed by atoms with Crippen LogP contribution in [0.1, 0.15) is 29.5 Å². The summed E-state index contributed by atoms with van der Waals surface area (Å²) in [5.41, 5.74) is 9.68. The van der Waals surface area contributed by atoms with E-state index < -0.39 is 0 Å². The van der Waals surface area contributed by atoms with Gasteiger partial charge in [-0.3, -0.25) is 4.90 Å². The molecule has 2 rings (SSSR count). The highest BCUT2D eigenvalue weighted by Crippen LogP contribution is 2.17. The van der Waals surface area contributed by atoms with Crippen molar-refractivity contribution in [1.29, 1.82) is 0 Å². The van der Waals surface area contributed by atoms with Gasteiger partial charge in [0, 0.05) is 17.6 Å². The Hall–Kier alpha value is -1.16. The van der Waals surface area contributed by atoms with Gasteiger partial charge < -0.3 is 5.73 Å². The lowest BCUT2D eigenvalue weighted by molar-refractivity contribution is 0.319. The second-order valence-corrected chi connectivity index (χ2v) is 6.60. The molecule has 0 aliphatic heterocycles. The van der Waals surface area contributed by atoms with Gasteiger partial charge in [-0.25, -0.2) is 0 Å². The Balaban J connectivity index is 1.94. The van der Waals surface area contributed by atoms with Crippen molar-refractivity contribution in [3.8, 4) is 0 Å². The van der Waals surface area contributed by atoms with Crippen LogP contribution >= 0.6 is 15.9 Å². The molecule has 0 saturated heterocycles. The largest absolute Gasteiger partial charge is 0.330 e.